The molecule has 0 N–H and O–H groups in total. The maximum atomic E-state index is 12.9. The first kappa shape index (κ1) is 15.0. The molecular weight excluding hydrogens is 301 g/mol. The second-order valence-electron chi connectivity index (χ2n) is 5.89. The number of benzene rings is 1. The summed E-state index contributed by atoms with van der Waals surface area (Å²) >= 11 is 5.66. The first-order chi connectivity index (χ1) is 9.93. The van der Waals surface area contributed by atoms with E-state index < -0.39 is 11.7 Å². The van der Waals surface area contributed by atoms with Gasteiger partial charge in [0.1, 0.15) is 0 Å². The van der Waals surface area contributed by atoms with E-state index in [4.69, 9.17) is 11.6 Å². The van der Waals surface area contributed by atoms with Gasteiger partial charge in [0.2, 0.25) is 0 Å². The van der Waals surface area contributed by atoms with Gasteiger partial charge >= 0.3 is 6.18 Å². The fraction of sp³-hybridized carbons (Fsp3) is 0.600. The van der Waals surface area contributed by atoms with Gasteiger partial charge in [-0.2, -0.15) is 13.2 Å². The third-order valence-corrected chi connectivity index (χ3v) is 4.54. The molecule has 6 heteroatoms. The molecule has 0 atom stereocenters. The highest BCUT2D eigenvalue weighted by Crippen LogP contribution is 2.37. The van der Waals surface area contributed by atoms with Gasteiger partial charge in [-0.05, 0) is 37.0 Å². The topological polar surface area (TPSA) is 6.48 Å². The molecule has 0 spiro atoms. The van der Waals surface area contributed by atoms with Gasteiger partial charge in [0.05, 0.1) is 10.6 Å². The number of halogens is 4. The smallest absolute Gasteiger partial charge is 0.369 e. The maximum absolute atomic E-state index is 12.9. The lowest BCUT2D eigenvalue weighted by atomic mass is 10.1. The Balaban J connectivity index is 1.67. The van der Waals surface area contributed by atoms with Gasteiger partial charge in [-0.15, -0.1) is 0 Å². The van der Waals surface area contributed by atoms with E-state index in [9.17, 15) is 13.2 Å². The van der Waals surface area contributed by atoms with Gasteiger partial charge in [0.25, 0.3) is 0 Å². The first-order valence-electron chi connectivity index (χ1n) is 7.27. The lowest BCUT2D eigenvalue weighted by molar-refractivity contribution is -0.137. The van der Waals surface area contributed by atoms with Crippen LogP contribution in [0.4, 0.5) is 18.9 Å². The van der Waals surface area contributed by atoms with Crippen LogP contribution < -0.4 is 4.90 Å². The van der Waals surface area contributed by atoms with Crippen molar-refractivity contribution in [2.45, 2.75) is 19.0 Å². The van der Waals surface area contributed by atoms with E-state index in [2.05, 4.69) is 4.90 Å². The SMILES string of the molecule is FC(F)(F)c1cc(N2CCN(CC3CC3)CC2)ccc1Cl. The third-order valence-electron chi connectivity index (χ3n) is 4.21. The van der Waals surface area contributed by atoms with Crippen LogP contribution in [0.15, 0.2) is 18.2 Å². The minimum absolute atomic E-state index is 0.237. The molecule has 1 aliphatic carbocycles. The van der Waals surface area contributed by atoms with E-state index >= 15 is 0 Å². The average molecular weight is 319 g/mol. The van der Waals surface area contributed by atoms with E-state index in [1.165, 1.54) is 25.0 Å². The van der Waals surface area contributed by atoms with Crippen LogP contribution in [0.5, 0.6) is 0 Å². The van der Waals surface area contributed by atoms with Crippen LogP contribution in [0.1, 0.15) is 18.4 Å². The molecule has 1 saturated heterocycles. The maximum Gasteiger partial charge on any atom is 0.417 e. The van der Waals surface area contributed by atoms with Crippen molar-refractivity contribution in [3.05, 3.63) is 28.8 Å². The Labute approximate surface area is 127 Å². The highest BCUT2D eigenvalue weighted by molar-refractivity contribution is 6.31. The molecule has 0 amide bonds. The third kappa shape index (κ3) is 3.64. The number of alkyl halides is 3. The van der Waals surface area contributed by atoms with Gasteiger partial charge in [0, 0.05) is 38.4 Å². The summed E-state index contributed by atoms with van der Waals surface area (Å²) in [4.78, 5) is 4.42. The van der Waals surface area contributed by atoms with E-state index in [0.29, 0.717) is 5.69 Å². The van der Waals surface area contributed by atoms with Crippen molar-refractivity contribution in [3.8, 4) is 0 Å². The summed E-state index contributed by atoms with van der Waals surface area (Å²) in [6.45, 7) is 4.51. The Bertz CT molecular complexity index is 506. The number of hydrogen-bond acceptors (Lipinski definition) is 2. The molecule has 3 rings (SSSR count). The van der Waals surface area contributed by atoms with Gasteiger partial charge in [0.15, 0.2) is 0 Å². The molecule has 1 aromatic rings. The van der Waals surface area contributed by atoms with Crippen LogP contribution in [0.3, 0.4) is 0 Å². The predicted octanol–water partition coefficient (Wildman–Crippen LogP) is 3.89. The van der Waals surface area contributed by atoms with E-state index in [1.54, 1.807) is 6.07 Å². The molecule has 1 aromatic carbocycles. The van der Waals surface area contributed by atoms with Crippen LogP contribution in [0.2, 0.25) is 5.02 Å². The van der Waals surface area contributed by atoms with Crippen molar-refractivity contribution in [2.24, 2.45) is 5.92 Å². The molecule has 1 heterocycles. The second-order valence-corrected chi connectivity index (χ2v) is 6.30. The summed E-state index contributed by atoms with van der Waals surface area (Å²) in [5, 5.41) is -0.237. The van der Waals surface area contributed by atoms with Crippen LogP contribution in [0, 0.1) is 5.92 Å². The van der Waals surface area contributed by atoms with Crippen molar-refractivity contribution in [2.75, 3.05) is 37.6 Å². The molecular formula is C15H18ClF3N2. The summed E-state index contributed by atoms with van der Waals surface area (Å²) in [5.74, 6) is 0.851. The molecule has 2 fully saturated rings. The summed E-state index contributed by atoms with van der Waals surface area (Å²) < 4.78 is 38.7. The standard InChI is InChI=1S/C15H18ClF3N2/c16-14-4-3-12(9-13(14)15(17,18)19)21-7-5-20(6-8-21)10-11-1-2-11/h3-4,9,11H,1-2,5-8,10H2. The fourth-order valence-electron chi connectivity index (χ4n) is 2.78. The number of anilines is 1. The molecule has 21 heavy (non-hydrogen) atoms. The van der Waals surface area contributed by atoms with E-state index in [1.807, 2.05) is 4.90 Å². The molecule has 0 bridgehead atoms. The Hall–Kier alpha value is -0.940. The molecule has 1 aliphatic heterocycles. The van der Waals surface area contributed by atoms with Crippen molar-refractivity contribution in [3.63, 3.8) is 0 Å². The number of piperazine rings is 1. The molecule has 1 saturated carbocycles. The van der Waals surface area contributed by atoms with Crippen LogP contribution in [0.25, 0.3) is 0 Å². The van der Waals surface area contributed by atoms with Crippen molar-refractivity contribution in [1.29, 1.82) is 0 Å². The lowest BCUT2D eigenvalue weighted by Crippen LogP contribution is -2.47. The zero-order valence-corrected chi connectivity index (χ0v) is 12.4. The molecule has 116 valence electrons. The van der Waals surface area contributed by atoms with Crippen molar-refractivity contribution < 1.29 is 13.2 Å². The minimum Gasteiger partial charge on any atom is -0.369 e. The van der Waals surface area contributed by atoms with E-state index in [0.717, 1.165) is 38.6 Å². The summed E-state index contributed by atoms with van der Waals surface area (Å²) in [7, 11) is 0. The largest absolute Gasteiger partial charge is 0.417 e. The van der Waals surface area contributed by atoms with Gasteiger partial charge in [-0.3, -0.25) is 4.90 Å². The zero-order chi connectivity index (χ0) is 15.0. The molecule has 2 nitrogen and oxygen atoms in total. The second kappa shape index (κ2) is 5.69. The Morgan fingerprint density at radius 3 is 2.33 bits per heavy atom. The highest BCUT2D eigenvalue weighted by Gasteiger charge is 2.34. The van der Waals surface area contributed by atoms with Crippen molar-refractivity contribution >= 4 is 17.3 Å². The lowest BCUT2D eigenvalue weighted by Gasteiger charge is -2.36. The summed E-state index contributed by atoms with van der Waals surface area (Å²) in [6.07, 6.45) is -1.75. The van der Waals surface area contributed by atoms with E-state index in [-0.39, 0.29) is 5.02 Å². The molecule has 0 aromatic heterocycles. The van der Waals surface area contributed by atoms with Crippen LogP contribution in [-0.2, 0) is 6.18 Å². The van der Waals surface area contributed by atoms with Crippen molar-refractivity contribution in [1.82, 2.24) is 4.90 Å². The van der Waals surface area contributed by atoms with Gasteiger partial charge < -0.3 is 4.90 Å². The Morgan fingerprint density at radius 2 is 1.76 bits per heavy atom. The van der Waals surface area contributed by atoms with Crippen LogP contribution in [-0.4, -0.2) is 37.6 Å². The Morgan fingerprint density at radius 1 is 1.10 bits per heavy atom. The molecule has 0 radical (unpaired) electrons. The van der Waals surface area contributed by atoms with Gasteiger partial charge in [-0.1, -0.05) is 11.6 Å². The highest BCUT2D eigenvalue weighted by atomic mass is 35.5. The molecule has 2 aliphatic rings. The quantitative estimate of drug-likeness (QED) is 0.834. The zero-order valence-electron chi connectivity index (χ0n) is 11.7. The monoisotopic (exact) mass is 318 g/mol. The fourth-order valence-corrected chi connectivity index (χ4v) is 3.01. The number of rotatable bonds is 3. The number of nitrogens with zero attached hydrogens (tertiary/aromatic N) is 2. The summed E-state index contributed by atoms with van der Waals surface area (Å²) in [5.41, 5.74) is -0.139. The summed E-state index contributed by atoms with van der Waals surface area (Å²) in [6, 6.07) is 4.18. The first-order valence-corrected chi connectivity index (χ1v) is 7.65. The van der Waals surface area contributed by atoms with Gasteiger partial charge in [-0.25, -0.2) is 0 Å². The Kier molecular flexibility index (Phi) is 4.06. The minimum atomic E-state index is -4.40. The van der Waals surface area contributed by atoms with Crippen LogP contribution >= 0.6 is 11.6 Å². The number of hydrogen-bond donors (Lipinski definition) is 0. The predicted molar refractivity (Wildman–Crippen MR) is 77.8 cm³/mol. The normalized spacial score (nSPS) is 20.9. The molecule has 0 unspecified atom stereocenters. The average Bonchev–Trinajstić information content (AvgIpc) is 3.23.